The molecular formula is C9H18O6. The summed E-state index contributed by atoms with van der Waals surface area (Å²) < 4.78 is 0. The average molecular weight is 222 g/mol. The quantitative estimate of drug-likeness (QED) is 0.375. The maximum absolute atomic E-state index is 10.3. The van der Waals surface area contributed by atoms with Gasteiger partial charge in [-0.15, -0.1) is 0 Å². The van der Waals surface area contributed by atoms with Gasteiger partial charge in [-0.3, -0.25) is 0 Å². The van der Waals surface area contributed by atoms with Gasteiger partial charge in [0.25, 0.3) is 0 Å². The summed E-state index contributed by atoms with van der Waals surface area (Å²) in [5.74, 6) is -1.55. The van der Waals surface area contributed by atoms with Crippen molar-refractivity contribution in [2.24, 2.45) is 5.92 Å². The van der Waals surface area contributed by atoms with Gasteiger partial charge in [0.1, 0.15) is 12.2 Å². The van der Waals surface area contributed by atoms with Crippen LogP contribution in [0.1, 0.15) is 20.3 Å². The normalized spacial score (nSPS) is 19.7. The van der Waals surface area contributed by atoms with Crippen LogP contribution in [0, 0.1) is 5.92 Å². The van der Waals surface area contributed by atoms with Gasteiger partial charge in [0, 0.05) is 0 Å². The van der Waals surface area contributed by atoms with E-state index in [-0.39, 0.29) is 12.3 Å². The number of hydrogen-bond acceptors (Lipinski definition) is 5. The lowest BCUT2D eigenvalue weighted by atomic mass is 9.96. The summed E-state index contributed by atoms with van der Waals surface area (Å²) in [4.78, 5) is 10.3. The molecule has 0 aliphatic heterocycles. The van der Waals surface area contributed by atoms with Crippen LogP contribution >= 0.6 is 0 Å². The van der Waals surface area contributed by atoms with Crippen LogP contribution in [-0.4, -0.2) is 55.9 Å². The first kappa shape index (κ1) is 14.3. The molecular weight excluding hydrogens is 204 g/mol. The lowest BCUT2D eigenvalue weighted by Gasteiger charge is -2.25. The number of aliphatic carboxylic acids is 1. The molecule has 0 saturated carbocycles. The van der Waals surface area contributed by atoms with Crippen molar-refractivity contribution in [2.75, 3.05) is 0 Å². The first-order valence-corrected chi connectivity index (χ1v) is 4.72. The van der Waals surface area contributed by atoms with Crippen LogP contribution in [0.2, 0.25) is 0 Å². The Morgan fingerprint density at radius 3 is 1.87 bits per heavy atom. The molecule has 15 heavy (non-hydrogen) atoms. The number of aliphatic hydroxyl groups is 4. The molecule has 0 rings (SSSR count). The molecule has 0 amide bonds. The van der Waals surface area contributed by atoms with Crippen molar-refractivity contribution in [2.45, 2.75) is 44.7 Å². The van der Waals surface area contributed by atoms with E-state index in [9.17, 15) is 20.1 Å². The van der Waals surface area contributed by atoms with Gasteiger partial charge < -0.3 is 25.5 Å². The van der Waals surface area contributed by atoms with Gasteiger partial charge in [0.2, 0.25) is 0 Å². The molecule has 90 valence electrons. The Hall–Kier alpha value is -0.690. The Morgan fingerprint density at radius 2 is 1.53 bits per heavy atom. The Balaban J connectivity index is 4.29. The molecule has 0 aliphatic rings. The first-order chi connectivity index (χ1) is 6.77. The second-order valence-corrected chi connectivity index (χ2v) is 3.96. The molecule has 0 fully saturated rings. The third kappa shape index (κ3) is 4.57. The van der Waals surface area contributed by atoms with Crippen LogP contribution < -0.4 is 0 Å². The topological polar surface area (TPSA) is 118 Å². The number of carboxylic acid groups (broad SMARTS) is 1. The van der Waals surface area contributed by atoms with Crippen LogP contribution in [-0.2, 0) is 4.79 Å². The van der Waals surface area contributed by atoms with E-state index < -0.39 is 30.4 Å². The minimum atomic E-state index is -2.10. The van der Waals surface area contributed by atoms with Crippen molar-refractivity contribution in [1.29, 1.82) is 0 Å². The molecule has 0 bridgehead atoms. The summed E-state index contributed by atoms with van der Waals surface area (Å²) in [5, 5.41) is 45.2. The fraction of sp³-hybridized carbons (Fsp3) is 0.889. The van der Waals surface area contributed by atoms with Gasteiger partial charge in [-0.25, -0.2) is 4.79 Å². The molecule has 0 aromatic carbocycles. The monoisotopic (exact) mass is 222 g/mol. The van der Waals surface area contributed by atoms with Gasteiger partial charge in [-0.05, 0) is 12.3 Å². The Morgan fingerprint density at radius 1 is 1.07 bits per heavy atom. The zero-order chi connectivity index (χ0) is 12.2. The summed E-state index contributed by atoms with van der Waals surface area (Å²) in [6.07, 6.45) is -6.70. The highest BCUT2D eigenvalue weighted by atomic mass is 16.4. The molecule has 0 aliphatic carbocycles. The van der Waals surface area contributed by atoms with E-state index in [4.69, 9.17) is 10.2 Å². The van der Waals surface area contributed by atoms with Crippen LogP contribution in [0.15, 0.2) is 0 Å². The molecule has 0 aromatic rings. The van der Waals surface area contributed by atoms with E-state index in [2.05, 4.69) is 0 Å². The highest BCUT2D eigenvalue weighted by molar-refractivity contribution is 5.72. The highest BCUT2D eigenvalue weighted by Gasteiger charge is 2.34. The largest absolute Gasteiger partial charge is 0.479 e. The second-order valence-electron chi connectivity index (χ2n) is 3.96. The first-order valence-electron chi connectivity index (χ1n) is 4.72. The molecule has 0 radical (unpaired) electrons. The molecule has 2 unspecified atom stereocenters. The molecule has 0 spiro atoms. The maximum Gasteiger partial charge on any atom is 0.335 e. The average Bonchev–Trinajstić information content (AvgIpc) is 2.13. The van der Waals surface area contributed by atoms with Crippen molar-refractivity contribution >= 4 is 5.97 Å². The van der Waals surface area contributed by atoms with Crippen molar-refractivity contribution in [1.82, 2.24) is 0 Å². The van der Waals surface area contributed by atoms with Gasteiger partial charge >= 0.3 is 5.97 Å². The molecule has 0 heterocycles. The molecule has 6 nitrogen and oxygen atoms in total. The van der Waals surface area contributed by atoms with Gasteiger partial charge in [0.05, 0.1) is 6.10 Å². The van der Waals surface area contributed by atoms with Crippen molar-refractivity contribution in [3.63, 3.8) is 0 Å². The van der Waals surface area contributed by atoms with E-state index in [1.54, 1.807) is 13.8 Å². The lowest BCUT2D eigenvalue weighted by Crippen LogP contribution is -2.47. The zero-order valence-electron chi connectivity index (χ0n) is 8.74. The lowest BCUT2D eigenvalue weighted by molar-refractivity contribution is -0.163. The SMILES string of the molecule is CC(C)CC(O)[C@@H](O)[C@@H](O)C(O)C(=O)O. The third-order valence-corrected chi connectivity index (χ3v) is 2.03. The van der Waals surface area contributed by atoms with Crippen molar-refractivity contribution in [3.05, 3.63) is 0 Å². The Kier molecular flexibility index (Phi) is 5.74. The van der Waals surface area contributed by atoms with Crippen LogP contribution in [0.4, 0.5) is 0 Å². The van der Waals surface area contributed by atoms with Gasteiger partial charge in [0.15, 0.2) is 6.10 Å². The summed E-state index contributed by atoms with van der Waals surface area (Å²) in [6.45, 7) is 3.60. The third-order valence-electron chi connectivity index (χ3n) is 2.03. The molecule has 0 saturated heterocycles. The van der Waals surface area contributed by atoms with Crippen LogP contribution in [0.5, 0.6) is 0 Å². The van der Waals surface area contributed by atoms with E-state index in [1.165, 1.54) is 0 Å². The van der Waals surface area contributed by atoms with Gasteiger partial charge in [-0.1, -0.05) is 13.8 Å². The van der Waals surface area contributed by atoms with E-state index in [0.717, 1.165) is 0 Å². The predicted molar refractivity (Wildman–Crippen MR) is 51.1 cm³/mol. The maximum atomic E-state index is 10.3. The van der Waals surface area contributed by atoms with E-state index >= 15 is 0 Å². The number of aliphatic hydroxyl groups excluding tert-OH is 4. The summed E-state index contributed by atoms with van der Waals surface area (Å²) in [6, 6.07) is 0. The van der Waals surface area contributed by atoms with E-state index in [1.807, 2.05) is 0 Å². The minimum Gasteiger partial charge on any atom is -0.479 e. The number of rotatable bonds is 6. The molecule has 6 heteroatoms. The Bertz CT molecular complexity index is 205. The number of carbonyl (C=O) groups is 1. The van der Waals surface area contributed by atoms with Crippen LogP contribution in [0.25, 0.3) is 0 Å². The number of carboxylic acids is 1. The van der Waals surface area contributed by atoms with E-state index in [0.29, 0.717) is 0 Å². The standard InChI is InChI=1S/C9H18O6/c1-4(2)3-5(10)6(11)7(12)8(13)9(14)15/h4-8,10-13H,3H2,1-2H3,(H,14,15)/t5?,6-,7-,8?/m1/s1. The smallest absolute Gasteiger partial charge is 0.335 e. The van der Waals surface area contributed by atoms with Gasteiger partial charge in [-0.2, -0.15) is 0 Å². The fourth-order valence-electron chi connectivity index (χ4n) is 1.18. The zero-order valence-corrected chi connectivity index (χ0v) is 8.74. The summed E-state index contributed by atoms with van der Waals surface area (Å²) in [7, 11) is 0. The van der Waals surface area contributed by atoms with Crippen molar-refractivity contribution in [3.8, 4) is 0 Å². The fourth-order valence-corrected chi connectivity index (χ4v) is 1.18. The summed E-state index contributed by atoms with van der Waals surface area (Å²) >= 11 is 0. The minimum absolute atomic E-state index is 0.0869. The molecule has 0 aromatic heterocycles. The number of hydrogen-bond donors (Lipinski definition) is 5. The second kappa shape index (κ2) is 6.02. The Labute approximate surface area is 87.8 Å². The van der Waals surface area contributed by atoms with Crippen molar-refractivity contribution < 1.29 is 30.3 Å². The molecule has 4 atom stereocenters. The highest BCUT2D eigenvalue weighted by Crippen LogP contribution is 2.12. The van der Waals surface area contributed by atoms with Crippen LogP contribution in [0.3, 0.4) is 0 Å². The summed E-state index contributed by atoms with van der Waals surface area (Å²) in [5.41, 5.74) is 0. The predicted octanol–water partition coefficient (Wildman–Crippen LogP) is -1.44. The molecule has 5 N–H and O–H groups in total.